The van der Waals surface area contributed by atoms with Gasteiger partial charge in [0.25, 0.3) is 0 Å². The van der Waals surface area contributed by atoms with E-state index in [1.165, 1.54) is 11.1 Å². The predicted octanol–water partition coefficient (Wildman–Crippen LogP) is 2.50. The predicted molar refractivity (Wildman–Crippen MR) is 94.2 cm³/mol. The molecule has 0 aliphatic carbocycles. The maximum Gasteiger partial charge on any atom is 0.242 e. The molecule has 1 aromatic carbocycles. The van der Waals surface area contributed by atoms with Crippen molar-refractivity contribution in [1.29, 1.82) is 0 Å². The maximum atomic E-state index is 12.9. The molecule has 2 aliphatic heterocycles. The molecule has 1 amide bonds. The number of ether oxygens (including phenoxy) is 1. The molecule has 2 saturated heterocycles. The Labute approximate surface area is 145 Å². The van der Waals surface area contributed by atoms with Crippen molar-refractivity contribution in [3.63, 3.8) is 0 Å². The molecule has 2 heterocycles. The van der Waals surface area contributed by atoms with Crippen LogP contribution in [0.5, 0.6) is 0 Å². The van der Waals surface area contributed by atoms with Crippen LogP contribution in [-0.4, -0.2) is 48.7 Å². The lowest BCUT2D eigenvalue weighted by Crippen LogP contribution is -2.57. The molecule has 2 unspecified atom stereocenters. The minimum atomic E-state index is -0.202. The van der Waals surface area contributed by atoms with Gasteiger partial charge in [0.15, 0.2) is 0 Å². The minimum absolute atomic E-state index is 0. The summed E-state index contributed by atoms with van der Waals surface area (Å²) in [5, 5.41) is 3.32. The molecular formula is C18H27ClN2O2. The molecule has 2 aliphatic rings. The zero-order chi connectivity index (χ0) is 15.7. The molecule has 128 valence electrons. The van der Waals surface area contributed by atoms with Crippen LogP contribution in [0.15, 0.2) is 24.3 Å². The second-order valence-corrected chi connectivity index (χ2v) is 6.64. The van der Waals surface area contributed by atoms with Gasteiger partial charge < -0.3 is 15.0 Å². The highest BCUT2D eigenvalue weighted by molar-refractivity contribution is 5.85. The molecule has 0 saturated carbocycles. The molecule has 0 aromatic heterocycles. The number of likely N-dealkylation sites (tertiary alicyclic amines) is 1. The molecule has 4 atom stereocenters. The largest absolute Gasteiger partial charge is 0.375 e. The molecule has 23 heavy (non-hydrogen) atoms. The lowest BCUT2D eigenvalue weighted by Gasteiger charge is -2.34. The number of aryl methyl sites for hydroxylation is 1. The van der Waals surface area contributed by atoms with Crippen LogP contribution in [0.1, 0.15) is 37.3 Å². The van der Waals surface area contributed by atoms with Crippen molar-refractivity contribution < 1.29 is 9.53 Å². The van der Waals surface area contributed by atoms with Crippen LogP contribution in [0.4, 0.5) is 0 Å². The molecule has 0 bridgehead atoms. The summed E-state index contributed by atoms with van der Waals surface area (Å²) < 4.78 is 5.63. The monoisotopic (exact) mass is 338 g/mol. The molecule has 1 aromatic rings. The first-order valence-corrected chi connectivity index (χ1v) is 8.29. The summed E-state index contributed by atoms with van der Waals surface area (Å²) in [7, 11) is 0. The Kier molecular flexibility index (Phi) is 6.06. The van der Waals surface area contributed by atoms with E-state index >= 15 is 0 Å². The van der Waals surface area contributed by atoms with Gasteiger partial charge in [-0.25, -0.2) is 0 Å². The van der Waals surface area contributed by atoms with Gasteiger partial charge in [0.1, 0.15) is 6.04 Å². The highest BCUT2D eigenvalue weighted by Crippen LogP contribution is 2.33. The van der Waals surface area contributed by atoms with Crippen LogP contribution in [-0.2, 0) is 9.53 Å². The molecule has 3 rings (SSSR count). The number of benzene rings is 1. The number of amides is 1. The van der Waals surface area contributed by atoms with Crippen molar-refractivity contribution in [2.24, 2.45) is 0 Å². The third kappa shape index (κ3) is 3.70. The van der Waals surface area contributed by atoms with Crippen molar-refractivity contribution in [1.82, 2.24) is 10.2 Å². The molecule has 2 fully saturated rings. The second-order valence-electron chi connectivity index (χ2n) is 6.64. The fourth-order valence-corrected chi connectivity index (χ4v) is 3.80. The van der Waals surface area contributed by atoms with Crippen LogP contribution in [0.3, 0.4) is 0 Å². The second kappa shape index (κ2) is 7.65. The van der Waals surface area contributed by atoms with Crippen molar-refractivity contribution in [2.45, 2.75) is 51.3 Å². The summed E-state index contributed by atoms with van der Waals surface area (Å²) in [6.45, 7) is 8.55. The SMILES string of the molecule is Cc1ccccc1C1CC(C)N(C(=O)[C@H]2NCCO[C@@H]2C)C1.Cl. The summed E-state index contributed by atoms with van der Waals surface area (Å²) >= 11 is 0. The number of halogens is 1. The first-order valence-electron chi connectivity index (χ1n) is 8.29. The third-order valence-electron chi connectivity index (χ3n) is 5.07. The van der Waals surface area contributed by atoms with Crippen LogP contribution < -0.4 is 5.32 Å². The van der Waals surface area contributed by atoms with Gasteiger partial charge in [-0.05, 0) is 38.3 Å². The van der Waals surface area contributed by atoms with E-state index in [9.17, 15) is 4.79 Å². The molecule has 1 N–H and O–H groups in total. The van der Waals surface area contributed by atoms with Crippen molar-refractivity contribution >= 4 is 18.3 Å². The Morgan fingerprint density at radius 3 is 2.74 bits per heavy atom. The van der Waals surface area contributed by atoms with Gasteiger partial charge in [-0.3, -0.25) is 4.79 Å². The van der Waals surface area contributed by atoms with Gasteiger partial charge >= 0.3 is 0 Å². The van der Waals surface area contributed by atoms with Crippen LogP contribution >= 0.6 is 12.4 Å². The molecule has 0 spiro atoms. The van der Waals surface area contributed by atoms with Crippen LogP contribution in [0, 0.1) is 6.92 Å². The van der Waals surface area contributed by atoms with E-state index in [-0.39, 0.29) is 36.5 Å². The smallest absolute Gasteiger partial charge is 0.242 e. The number of rotatable bonds is 2. The number of morpholine rings is 1. The number of nitrogens with one attached hydrogen (secondary N) is 1. The Balaban J connectivity index is 0.00000192. The topological polar surface area (TPSA) is 41.6 Å². The van der Waals surface area contributed by atoms with Crippen LogP contribution in [0.2, 0.25) is 0 Å². The average Bonchev–Trinajstić information content (AvgIpc) is 2.89. The molecule has 5 heteroatoms. The minimum Gasteiger partial charge on any atom is -0.375 e. The maximum absolute atomic E-state index is 12.9. The number of carbonyl (C=O) groups excluding carboxylic acids is 1. The quantitative estimate of drug-likeness (QED) is 0.900. The lowest BCUT2D eigenvalue weighted by atomic mass is 9.93. The van der Waals surface area contributed by atoms with Gasteiger partial charge in [0, 0.05) is 25.0 Å². The third-order valence-corrected chi connectivity index (χ3v) is 5.07. The fraction of sp³-hybridized carbons (Fsp3) is 0.611. The van der Waals surface area contributed by atoms with E-state index in [1.54, 1.807) is 0 Å². The normalized spacial score (nSPS) is 30.8. The Hall–Kier alpha value is -1.10. The lowest BCUT2D eigenvalue weighted by molar-refractivity contribution is -0.140. The number of carbonyl (C=O) groups is 1. The highest BCUT2D eigenvalue weighted by atomic mass is 35.5. The standard InChI is InChI=1S/C18H26N2O2.ClH/c1-12-6-4-5-7-16(12)15-10-13(2)20(11-15)18(21)17-14(3)22-9-8-19-17;/h4-7,13-15,17,19H,8-11H2,1-3H3;1H/t13?,14-,15?,17+;/m1./s1. The molecule has 4 nitrogen and oxygen atoms in total. The van der Waals surface area contributed by atoms with Gasteiger partial charge in [-0.2, -0.15) is 0 Å². The van der Waals surface area contributed by atoms with E-state index < -0.39 is 0 Å². The first-order chi connectivity index (χ1) is 10.6. The van der Waals surface area contributed by atoms with Crippen LogP contribution in [0.25, 0.3) is 0 Å². The summed E-state index contributed by atoms with van der Waals surface area (Å²) in [4.78, 5) is 14.9. The van der Waals surface area contributed by atoms with Gasteiger partial charge in [0.05, 0.1) is 12.7 Å². The summed E-state index contributed by atoms with van der Waals surface area (Å²) in [6.07, 6.45) is 0.990. The Bertz CT molecular complexity index is 552. The van der Waals surface area contributed by atoms with E-state index in [1.807, 2.05) is 11.8 Å². The van der Waals surface area contributed by atoms with Gasteiger partial charge in [-0.15, -0.1) is 12.4 Å². The number of hydrogen-bond acceptors (Lipinski definition) is 3. The zero-order valence-corrected chi connectivity index (χ0v) is 14.9. The van der Waals surface area contributed by atoms with Crippen molar-refractivity contribution in [2.75, 3.05) is 19.7 Å². The molecule has 0 radical (unpaired) electrons. The van der Waals surface area contributed by atoms with Crippen molar-refractivity contribution in [3.05, 3.63) is 35.4 Å². The van der Waals surface area contributed by atoms with Gasteiger partial charge in [-0.1, -0.05) is 24.3 Å². The van der Waals surface area contributed by atoms with Gasteiger partial charge in [0.2, 0.25) is 5.91 Å². The Morgan fingerprint density at radius 2 is 2.04 bits per heavy atom. The van der Waals surface area contributed by atoms with Crippen molar-refractivity contribution in [3.8, 4) is 0 Å². The summed E-state index contributed by atoms with van der Waals surface area (Å²) in [5.41, 5.74) is 2.70. The van der Waals surface area contributed by atoms with E-state index in [2.05, 4.69) is 43.4 Å². The highest BCUT2D eigenvalue weighted by Gasteiger charge is 2.39. The number of hydrogen-bond donors (Lipinski definition) is 1. The summed E-state index contributed by atoms with van der Waals surface area (Å²) in [5.74, 6) is 0.635. The first kappa shape index (κ1) is 18.2. The summed E-state index contributed by atoms with van der Waals surface area (Å²) in [6, 6.07) is 8.61. The van der Waals surface area contributed by atoms with E-state index in [4.69, 9.17) is 4.74 Å². The Morgan fingerprint density at radius 1 is 1.30 bits per heavy atom. The average molecular weight is 339 g/mol. The fourth-order valence-electron chi connectivity index (χ4n) is 3.80. The molecular weight excluding hydrogens is 312 g/mol. The van der Waals surface area contributed by atoms with E-state index in [0.29, 0.717) is 12.5 Å². The van der Waals surface area contributed by atoms with E-state index in [0.717, 1.165) is 19.5 Å². The zero-order valence-electron chi connectivity index (χ0n) is 14.1. The number of nitrogens with zero attached hydrogens (tertiary/aromatic N) is 1.